The van der Waals surface area contributed by atoms with Gasteiger partial charge in [-0.05, 0) is 141 Å². The van der Waals surface area contributed by atoms with E-state index in [0.717, 1.165) is 67.4 Å². The number of ether oxygens (including phenoxy) is 1. The van der Waals surface area contributed by atoms with Gasteiger partial charge in [-0.25, -0.2) is 0 Å². The summed E-state index contributed by atoms with van der Waals surface area (Å²) in [5.74, 6) is 7.55. The van der Waals surface area contributed by atoms with Crippen molar-refractivity contribution < 1.29 is 9.15 Å². The van der Waals surface area contributed by atoms with Crippen molar-refractivity contribution in [2.75, 3.05) is 9.80 Å². The molecule has 322 valence electrons. The zero-order valence-corrected chi connectivity index (χ0v) is 37.9. The Morgan fingerprint density at radius 2 is 0.986 bits per heavy atom. The third-order valence-electron chi connectivity index (χ3n) is 14.3. The van der Waals surface area contributed by atoms with Crippen LogP contribution < -0.4 is 14.5 Å². The van der Waals surface area contributed by atoms with Crippen LogP contribution in [0.3, 0.4) is 0 Å². The van der Waals surface area contributed by atoms with Crippen molar-refractivity contribution in [3.63, 3.8) is 0 Å². The summed E-state index contributed by atoms with van der Waals surface area (Å²) in [4.78, 5) is 4.79. The van der Waals surface area contributed by atoms with Crippen LogP contribution in [0.15, 0.2) is 223 Å². The zero-order chi connectivity index (χ0) is 45.2. The minimum atomic E-state index is -0.0635. The van der Waals surface area contributed by atoms with Crippen molar-refractivity contribution in [1.82, 2.24) is 0 Å². The zero-order valence-electron chi connectivity index (χ0n) is 37.1. The number of anilines is 6. The monoisotopic (exact) mass is 898 g/mol. The van der Waals surface area contributed by atoms with Crippen molar-refractivity contribution in [3.8, 4) is 17.6 Å². The molecular formula is C64H38N2O2S. The highest BCUT2D eigenvalue weighted by Gasteiger charge is 2.33. The maximum Gasteiger partial charge on any atom is 0.136 e. The first-order valence-electron chi connectivity index (χ1n) is 23.5. The number of thiophene rings is 1. The summed E-state index contributed by atoms with van der Waals surface area (Å²) in [6.45, 7) is 0. The van der Waals surface area contributed by atoms with Crippen LogP contribution >= 0.6 is 11.3 Å². The van der Waals surface area contributed by atoms with E-state index in [1.807, 2.05) is 29.5 Å². The number of fused-ring (bicyclic) bond motifs is 16. The SMILES string of the molecule is C1#C[C@H]2c3cc(N(c4ccc5ccccc5c4)c4ccc5c(c4)c4ccccc4c4c6ccc(N(c7ccc8ccccc8c7)c7ccc8oc9ccccc9c8c7)cc6sc54)ccc3OC2C=C1. The predicted octanol–water partition coefficient (Wildman–Crippen LogP) is 17.9. The van der Waals surface area contributed by atoms with E-state index < -0.39 is 0 Å². The molecule has 1 aliphatic carbocycles. The minimum Gasteiger partial charge on any atom is -0.484 e. The fourth-order valence-corrected chi connectivity index (χ4v) is 12.4. The molecule has 0 spiro atoms. The number of furan rings is 1. The molecule has 3 heterocycles. The van der Waals surface area contributed by atoms with E-state index >= 15 is 0 Å². The van der Waals surface area contributed by atoms with Crippen molar-refractivity contribution in [2.24, 2.45) is 0 Å². The summed E-state index contributed by atoms with van der Waals surface area (Å²) in [5, 5.41) is 14.5. The maximum absolute atomic E-state index is 6.38. The minimum absolute atomic E-state index is 0.00543. The van der Waals surface area contributed by atoms with Crippen LogP contribution in [-0.2, 0) is 0 Å². The van der Waals surface area contributed by atoms with Gasteiger partial charge in [0.05, 0.1) is 5.92 Å². The predicted molar refractivity (Wildman–Crippen MR) is 290 cm³/mol. The number of allylic oxidation sites excluding steroid dienone is 1. The summed E-state index contributed by atoms with van der Waals surface area (Å²) in [5.41, 5.74) is 9.42. The standard InChI is InChI=1S/C64H38N2O2S/c1-3-13-41-33-43(23-21-39(41)11-1)65(46-27-31-60-56(36-46)50-16-7-9-19-58(50)67-60)45-25-29-53-55(35-45)49-15-5-6-18-52(49)63-54-30-26-48(38-62(54)69-64(53)63)66(44-24-22-40-12-2-4-14-42(40)34-44)47-28-32-61-57(37-47)51-17-8-10-20-59(51)68-61/h1-6,8-15,17-38,50,58H/t50-,58?/m0/s1. The van der Waals surface area contributed by atoms with Gasteiger partial charge in [0, 0.05) is 76.0 Å². The van der Waals surface area contributed by atoms with E-state index in [1.165, 1.54) is 63.3 Å². The normalized spacial score (nSPS) is 15.0. The molecule has 15 rings (SSSR count). The van der Waals surface area contributed by atoms with E-state index in [9.17, 15) is 0 Å². The molecule has 11 aromatic carbocycles. The second kappa shape index (κ2) is 14.8. The first-order valence-corrected chi connectivity index (χ1v) is 24.3. The highest BCUT2D eigenvalue weighted by Crippen LogP contribution is 2.50. The summed E-state index contributed by atoms with van der Waals surface area (Å²) in [6.07, 6.45) is 3.93. The molecule has 0 saturated carbocycles. The molecule has 0 saturated heterocycles. The third-order valence-corrected chi connectivity index (χ3v) is 15.5. The molecule has 2 atom stereocenters. The molecule has 13 aromatic rings. The van der Waals surface area contributed by atoms with E-state index in [-0.39, 0.29) is 12.0 Å². The van der Waals surface area contributed by atoms with E-state index in [2.05, 4.69) is 222 Å². The van der Waals surface area contributed by atoms with Crippen LogP contribution in [0.5, 0.6) is 5.75 Å². The molecule has 2 aliphatic rings. The average Bonchev–Trinajstić information content (AvgIpc) is 4.10. The Balaban J connectivity index is 0.919. The highest BCUT2D eigenvalue weighted by atomic mass is 32.1. The highest BCUT2D eigenvalue weighted by molar-refractivity contribution is 7.27. The Kier molecular flexibility index (Phi) is 8.24. The Labute approximate surface area is 401 Å². The van der Waals surface area contributed by atoms with E-state index in [1.54, 1.807) is 0 Å². The average molecular weight is 899 g/mol. The maximum atomic E-state index is 6.38. The van der Waals surface area contributed by atoms with Crippen LogP contribution in [0.1, 0.15) is 11.5 Å². The lowest BCUT2D eigenvalue weighted by molar-refractivity contribution is 0.272. The fourth-order valence-electron chi connectivity index (χ4n) is 11.1. The second-order valence-corrected chi connectivity index (χ2v) is 19.3. The second-order valence-electron chi connectivity index (χ2n) is 18.2. The van der Waals surface area contributed by atoms with Gasteiger partial charge < -0.3 is 19.0 Å². The summed E-state index contributed by atoms with van der Waals surface area (Å²) >= 11 is 1.88. The number of hydrogen-bond acceptors (Lipinski definition) is 5. The van der Waals surface area contributed by atoms with E-state index in [4.69, 9.17) is 9.15 Å². The number of para-hydroxylation sites is 1. The number of nitrogens with zero attached hydrogens (tertiary/aromatic N) is 2. The molecule has 69 heavy (non-hydrogen) atoms. The molecular weight excluding hydrogens is 861 g/mol. The van der Waals surface area contributed by atoms with Gasteiger partial charge in [0.15, 0.2) is 0 Å². The smallest absolute Gasteiger partial charge is 0.136 e. The Morgan fingerprint density at radius 1 is 0.420 bits per heavy atom. The number of rotatable bonds is 6. The lowest BCUT2D eigenvalue weighted by atomic mass is 9.93. The topological polar surface area (TPSA) is 28.9 Å². The van der Waals surface area contributed by atoms with Crippen molar-refractivity contribution in [1.29, 1.82) is 0 Å². The quantitative estimate of drug-likeness (QED) is 0.123. The van der Waals surface area contributed by atoms with Gasteiger partial charge >= 0.3 is 0 Å². The van der Waals surface area contributed by atoms with Gasteiger partial charge in [-0.2, -0.15) is 0 Å². The Morgan fingerprint density at radius 3 is 1.75 bits per heavy atom. The first-order chi connectivity index (χ1) is 34.2. The lowest BCUT2D eigenvalue weighted by Crippen LogP contribution is -2.16. The molecule has 0 radical (unpaired) electrons. The van der Waals surface area contributed by atoms with Crippen LogP contribution in [0, 0.1) is 11.8 Å². The van der Waals surface area contributed by atoms with Crippen molar-refractivity contribution >= 4 is 131 Å². The molecule has 1 unspecified atom stereocenters. The van der Waals surface area contributed by atoms with E-state index in [0.29, 0.717) is 0 Å². The molecule has 0 N–H and O–H groups in total. The fraction of sp³-hybridized carbons (Fsp3) is 0.0312. The molecule has 0 bridgehead atoms. The largest absolute Gasteiger partial charge is 0.484 e. The Bertz CT molecular complexity index is 4410. The van der Waals surface area contributed by atoms with Gasteiger partial charge in [0.25, 0.3) is 0 Å². The first kappa shape index (κ1) is 38.3. The van der Waals surface area contributed by atoms with Crippen LogP contribution in [0.2, 0.25) is 0 Å². The summed E-state index contributed by atoms with van der Waals surface area (Å²) in [7, 11) is 0. The van der Waals surface area contributed by atoms with Gasteiger partial charge in [-0.1, -0.05) is 127 Å². The summed E-state index contributed by atoms with van der Waals surface area (Å²) < 4.78 is 15.2. The van der Waals surface area contributed by atoms with Crippen molar-refractivity contribution in [2.45, 2.75) is 12.0 Å². The summed E-state index contributed by atoms with van der Waals surface area (Å²) in [6, 6.07) is 75.2. The van der Waals surface area contributed by atoms with Crippen LogP contribution in [-0.4, -0.2) is 6.10 Å². The number of benzene rings is 11. The third kappa shape index (κ3) is 5.96. The molecule has 1 aliphatic heterocycles. The van der Waals surface area contributed by atoms with Crippen molar-refractivity contribution in [3.05, 3.63) is 224 Å². The molecule has 0 amide bonds. The molecule has 5 heteroatoms. The molecule has 4 nitrogen and oxygen atoms in total. The molecule has 0 fully saturated rings. The van der Waals surface area contributed by atoms with Gasteiger partial charge in [-0.15, -0.1) is 11.3 Å². The van der Waals surface area contributed by atoms with Gasteiger partial charge in [0.1, 0.15) is 23.0 Å². The Hall–Kier alpha value is -8.82. The van der Waals surface area contributed by atoms with Crippen LogP contribution in [0.4, 0.5) is 34.1 Å². The van der Waals surface area contributed by atoms with Gasteiger partial charge in [0.2, 0.25) is 0 Å². The van der Waals surface area contributed by atoms with Gasteiger partial charge in [-0.3, -0.25) is 0 Å². The molecule has 2 aromatic heterocycles. The van der Waals surface area contributed by atoms with Crippen LogP contribution in [0.25, 0.3) is 85.2 Å². The number of hydrogen-bond donors (Lipinski definition) is 0. The lowest BCUT2D eigenvalue weighted by Gasteiger charge is -2.27.